The van der Waals surface area contributed by atoms with Crippen LogP contribution in [0.3, 0.4) is 0 Å². The fraction of sp³-hybridized carbons (Fsp3) is 0.364. The Kier molecular flexibility index (Phi) is 3.33. The van der Waals surface area contributed by atoms with E-state index >= 15 is 0 Å². The zero-order valence-corrected chi connectivity index (χ0v) is 10.1. The average molecular weight is 252 g/mol. The summed E-state index contributed by atoms with van der Waals surface area (Å²) in [4.78, 5) is 38.3. The third-order valence-electron chi connectivity index (χ3n) is 2.47. The van der Waals surface area contributed by atoms with Crippen molar-refractivity contribution in [1.29, 1.82) is 0 Å². The van der Waals surface area contributed by atoms with Gasteiger partial charge in [0, 0.05) is 43.5 Å². The van der Waals surface area contributed by atoms with Gasteiger partial charge in [-0.1, -0.05) is 11.8 Å². The lowest BCUT2D eigenvalue weighted by molar-refractivity contribution is -0.117. The number of nitrogens with zero attached hydrogens (tertiary/aromatic N) is 1. The number of anilines is 1. The van der Waals surface area contributed by atoms with Crippen LogP contribution >= 0.6 is 11.8 Å². The van der Waals surface area contributed by atoms with E-state index in [4.69, 9.17) is 0 Å². The number of pyridine rings is 1. The van der Waals surface area contributed by atoms with Gasteiger partial charge in [0.2, 0.25) is 5.91 Å². The monoisotopic (exact) mass is 252 g/mol. The van der Waals surface area contributed by atoms with E-state index in [2.05, 4.69) is 4.98 Å². The molecule has 0 bridgehead atoms. The predicted molar refractivity (Wildman–Crippen MR) is 66.1 cm³/mol. The Bertz CT molecular complexity index is 511. The first-order valence-corrected chi connectivity index (χ1v) is 6.10. The van der Waals surface area contributed by atoms with E-state index in [1.165, 1.54) is 41.9 Å². The molecule has 0 saturated carbocycles. The van der Waals surface area contributed by atoms with Crippen molar-refractivity contribution in [3.05, 3.63) is 28.6 Å². The van der Waals surface area contributed by atoms with Gasteiger partial charge in [0.1, 0.15) is 5.82 Å². The molecule has 1 fully saturated rings. The van der Waals surface area contributed by atoms with Gasteiger partial charge in [0.15, 0.2) is 10.5 Å². The third kappa shape index (κ3) is 2.76. The van der Waals surface area contributed by atoms with Crippen LogP contribution in [0.2, 0.25) is 0 Å². The topological polar surface area (TPSA) is 70.2 Å². The van der Waals surface area contributed by atoms with Crippen molar-refractivity contribution in [3.8, 4) is 0 Å². The minimum absolute atomic E-state index is 0.00575. The molecule has 90 valence electrons. The van der Waals surface area contributed by atoms with Gasteiger partial charge in [-0.3, -0.25) is 19.3 Å². The highest BCUT2D eigenvalue weighted by molar-refractivity contribution is 8.14. The molecule has 5 nitrogen and oxygen atoms in total. The van der Waals surface area contributed by atoms with Crippen molar-refractivity contribution in [1.82, 2.24) is 4.98 Å². The Balaban J connectivity index is 2.15. The number of amides is 1. The largest absolute Gasteiger partial charge is 0.348 e. The molecular formula is C11H12N2O3S. The fourth-order valence-corrected chi connectivity index (χ4v) is 2.73. The van der Waals surface area contributed by atoms with Crippen LogP contribution in [0.4, 0.5) is 5.82 Å². The number of hydrogen-bond acceptors (Lipinski definition) is 4. The summed E-state index contributed by atoms with van der Waals surface area (Å²) in [6, 6.07) is 2.78. The van der Waals surface area contributed by atoms with E-state index in [0.29, 0.717) is 18.8 Å². The standard InChI is InChI=1S/C11H12N2O3S/c1-7(14)17-9-5-11(16)13(6-9)10-4-8(15)2-3-12-10/h2-4,9H,5-6H2,1H3,(H,12,15). The van der Waals surface area contributed by atoms with Crippen molar-refractivity contribution in [2.45, 2.75) is 18.6 Å². The highest BCUT2D eigenvalue weighted by Gasteiger charge is 2.32. The van der Waals surface area contributed by atoms with Gasteiger partial charge in [-0.2, -0.15) is 0 Å². The number of H-pyrrole nitrogens is 1. The number of hydrogen-bond donors (Lipinski definition) is 1. The first kappa shape index (κ1) is 11.9. The second-order valence-corrected chi connectivity index (χ2v) is 5.33. The van der Waals surface area contributed by atoms with Gasteiger partial charge in [0.25, 0.3) is 0 Å². The average Bonchev–Trinajstić information content (AvgIpc) is 2.58. The van der Waals surface area contributed by atoms with Crippen molar-refractivity contribution in [3.63, 3.8) is 0 Å². The number of carbonyl (C=O) groups is 2. The summed E-state index contributed by atoms with van der Waals surface area (Å²) in [6.07, 6.45) is 1.84. The van der Waals surface area contributed by atoms with Crippen molar-refractivity contribution in [2.75, 3.05) is 11.4 Å². The summed E-state index contributed by atoms with van der Waals surface area (Å²) >= 11 is 1.18. The van der Waals surface area contributed by atoms with Crippen LogP contribution in [-0.2, 0) is 9.59 Å². The van der Waals surface area contributed by atoms with Gasteiger partial charge in [-0.15, -0.1) is 0 Å². The minimum atomic E-state index is -0.144. The van der Waals surface area contributed by atoms with E-state index in [9.17, 15) is 14.4 Å². The zero-order chi connectivity index (χ0) is 12.4. The molecule has 2 rings (SSSR count). The molecular weight excluding hydrogens is 240 g/mol. The molecule has 1 N–H and O–H groups in total. The molecule has 6 heteroatoms. The van der Waals surface area contributed by atoms with Crippen LogP contribution < -0.4 is 10.3 Å². The van der Waals surface area contributed by atoms with Gasteiger partial charge in [0.05, 0.1) is 0 Å². The number of thioether (sulfide) groups is 1. The zero-order valence-electron chi connectivity index (χ0n) is 9.30. The summed E-state index contributed by atoms with van der Waals surface area (Å²) in [7, 11) is 0. The maximum atomic E-state index is 11.8. The highest BCUT2D eigenvalue weighted by Crippen LogP contribution is 2.26. The Morgan fingerprint density at radius 1 is 1.53 bits per heavy atom. The van der Waals surface area contributed by atoms with Crippen molar-refractivity contribution in [2.24, 2.45) is 0 Å². The van der Waals surface area contributed by atoms with Crippen LogP contribution in [0.15, 0.2) is 23.1 Å². The maximum absolute atomic E-state index is 11.8. The maximum Gasteiger partial charge on any atom is 0.229 e. The molecule has 2 heterocycles. The molecule has 1 aliphatic rings. The summed E-state index contributed by atoms with van der Waals surface area (Å²) in [6.45, 7) is 1.95. The van der Waals surface area contributed by atoms with Gasteiger partial charge in [-0.05, 0) is 0 Å². The normalized spacial score (nSPS) is 19.7. The Hall–Kier alpha value is -1.56. The second-order valence-electron chi connectivity index (χ2n) is 3.85. The van der Waals surface area contributed by atoms with Crippen LogP contribution in [0.25, 0.3) is 0 Å². The Labute approximate surface area is 102 Å². The second kappa shape index (κ2) is 4.75. The fourth-order valence-electron chi connectivity index (χ4n) is 1.81. The molecule has 1 saturated heterocycles. The molecule has 0 aromatic carbocycles. The molecule has 1 aliphatic heterocycles. The summed E-state index contributed by atoms with van der Waals surface area (Å²) in [5.74, 6) is 0.430. The van der Waals surface area contributed by atoms with Crippen LogP contribution in [-0.4, -0.2) is 27.8 Å². The molecule has 0 radical (unpaired) electrons. The molecule has 0 aliphatic carbocycles. The Morgan fingerprint density at radius 2 is 2.29 bits per heavy atom. The minimum Gasteiger partial charge on any atom is -0.348 e. The quantitative estimate of drug-likeness (QED) is 0.843. The van der Waals surface area contributed by atoms with Gasteiger partial charge >= 0.3 is 0 Å². The molecule has 1 unspecified atom stereocenters. The molecule has 1 aromatic rings. The lowest BCUT2D eigenvalue weighted by Gasteiger charge is -2.15. The lowest BCUT2D eigenvalue weighted by atomic mass is 10.4. The van der Waals surface area contributed by atoms with Crippen molar-refractivity contribution >= 4 is 28.6 Å². The number of aromatic nitrogens is 1. The van der Waals surface area contributed by atoms with E-state index in [-0.39, 0.29) is 21.7 Å². The van der Waals surface area contributed by atoms with Crippen LogP contribution in [0.1, 0.15) is 13.3 Å². The number of carbonyl (C=O) groups excluding carboxylic acids is 2. The predicted octanol–water partition coefficient (Wildman–Crippen LogP) is 0.760. The van der Waals surface area contributed by atoms with Crippen molar-refractivity contribution < 1.29 is 9.59 Å². The highest BCUT2D eigenvalue weighted by atomic mass is 32.2. The van der Waals surface area contributed by atoms with E-state index in [1.54, 1.807) is 0 Å². The first-order valence-electron chi connectivity index (χ1n) is 5.22. The van der Waals surface area contributed by atoms with E-state index in [1.807, 2.05) is 0 Å². The van der Waals surface area contributed by atoms with Crippen LogP contribution in [0.5, 0.6) is 0 Å². The SMILES string of the molecule is CC(=O)SC1CC(=O)N(c2cc(=O)cc[nH]2)C1. The lowest BCUT2D eigenvalue weighted by Crippen LogP contribution is -2.26. The Morgan fingerprint density at radius 3 is 2.94 bits per heavy atom. The van der Waals surface area contributed by atoms with E-state index < -0.39 is 0 Å². The number of rotatable bonds is 2. The van der Waals surface area contributed by atoms with Gasteiger partial charge in [-0.25, -0.2) is 0 Å². The molecule has 17 heavy (non-hydrogen) atoms. The smallest absolute Gasteiger partial charge is 0.229 e. The number of nitrogens with one attached hydrogen (secondary N) is 1. The third-order valence-corrected chi connectivity index (χ3v) is 3.45. The van der Waals surface area contributed by atoms with Crippen LogP contribution in [0, 0.1) is 0 Å². The van der Waals surface area contributed by atoms with E-state index in [0.717, 1.165) is 0 Å². The molecule has 0 spiro atoms. The van der Waals surface area contributed by atoms with Gasteiger partial charge < -0.3 is 4.98 Å². The first-order chi connectivity index (χ1) is 8.06. The summed E-state index contributed by atoms with van der Waals surface area (Å²) < 4.78 is 0. The summed E-state index contributed by atoms with van der Waals surface area (Å²) in [5, 5.41) is -0.0186. The number of aromatic amines is 1. The molecule has 1 atom stereocenters. The summed E-state index contributed by atoms with van der Waals surface area (Å²) in [5.41, 5.74) is -0.144. The molecule has 1 amide bonds. The molecule has 1 aromatic heterocycles.